The van der Waals surface area contributed by atoms with Crippen LogP contribution in [0.3, 0.4) is 0 Å². The van der Waals surface area contributed by atoms with E-state index in [4.69, 9.17) is 14.2 Å². The molecule has 1 aromatic carbocycles. The number of methoxy groups -OCH3 is 1. The highest BCUT2D eigenvalue weighted by atomic mass is 32.2. The number of esters is 1. The van der Waals surface area contributed by atoms with E-state index in [1.165, 1.54) is 46.6 Å². The molecule has 3 heterocycles. The maximum Gasteiger partial charge on any atom is 0.341 e. The number of hydrogen-bond donors (Lipinski definition) is 1. The number of amides is 1. The number of carbonyl (C=O) groups is 2. The standard InChI is InChI=1S/C26H27FN4O5S3/c1-4-35-25(33)23-17(20-10-7-11-37-20)14-38-24(23)28-22(32)15-39-26-30-29-21(31(26)16(2)12-34-3)13-36-19-9-6-5-8-18(19)27/h5-11,14,16H,4,12-13,15H2,1-3H3,(H,28,32)/t16-/m0/s1. The van der Waals surface area contributed by atoms with Gasteiger partial charge < -0.3 is 19.5 Å². The summed E-state index contributed by atoms with van der Waals surface area (Å²) in [6.45, 7) is 4.24. The van der Waals surface area contributed by atoms with Gasteiger partial charge in [0, 0.05) is 22.9 Å². The van der Waals surface area contributed by atoms with Gasteiger partial charge in [0.15, 0.2) is 22.5 Å². The van der Waals surface area contributed by atoms with Crippen molar-refractivity contribution in [1.82, 2.24) is 14.8 Å². The zero-order chi connectivity index (χ0) is 27.8. The van der Waals surface area contributed by atoms with Crippen LogP contribution in [0.1, 0.15) is 36.1 Å². The molecule has 0 saturated heterocycles. The Labute approximate surface area is 237 Å². The molecule has 0 radical (unpaired) electrons. The lowest BCUT2D eigenvalue weighted by atomic mass is 10.1. The smallest absolute Gasteiger partial charge is 0.341 e. The summed E-state index contributed by atoms with van der Waals surface area (Å²) in [6, 6.07) is 9.76. The topological polar surface area (TPSA) is 105 Å². The van der Waals surface area contributed by atoms with Gasteiger partial charge in [-0.15, -0.1) is 32.9 Å². The lowest BCUT2D eigenvalue weighted by Crippen LogP contribution is -2.19. The van der Waals surface area contributed by atoms with Crippen molar-refractivity contribution in [3.05, 3.63) is 64.4 Å². The third-order valence-corrected chi connectivity index (χ3v) is 8.16. The molecule has 4 aromatic rings. The van der Waals surface area contributed by atoms with E-state index in [2.05, 4.69) is 15.5 Å². The summed E-state index contributed by atoms with van der Waals surface area (Å²) in [6.07, 6.45) is 0. The Hall–Kier alpha value is -3.26. The molecule has 0 bridgehead atoms. The third kappa shape index (κ3) is 7.04. The molecule has 1 amide bonds. The fourth-order valence-electron chi connectivity index (χ4n) is 3.73. The van der Waals surface area contributed by atoms with E-state index in [-0.39, 0.29) is 36.7 Å². The Morgan fingerprint density at radius 3 is 2.72 bits per heavy atom. The van der Waals surface area contributed by atoms with Gasteiger partial charge >= 0.3 is 5.97 Å². The summed E-state index contributed by atoms with van der Waals surface area (Å²) in [5.41, 5.74) is 1.07. The van der Waals surface area contributed by atoms with E-state index in [0.717, 1.165) is 10.4 Å². The zero-order valence-electron chi connectivity index (χ0n) is 21.5. The largest absolute Gasteiger partial charge is 0.483 e. The molecule has 1 N–H and O–H groups in total. The summed E-state index contributed by atoms with van der Waals surface area (Å²) < 4.78 is 32.0. The summed E-state index contributed by atoms with van der Waals surface area (Å²) >= 11 is 3.96. The monoisotopic (exact) mass is 590 g/mol. The molecule has 0 saturated carbocycles. The van der Waals surface area contributed by atoms with Crippen molar-refractivity contribution in [3.8, 4) is 16.2 Å². The first-order valence-corrected chi connectivity index (χ1v) is 14.7. The molecule has 0 spiro atoms. The van der Waals surface area contributed by atoms with Crippen molar-refractivity contribution in [2.45, 2.75) is 31.7 Å². The Morgan fingerprint density at radius 2 is 2.00 bits per heavy atom. The highest BCUT2D eigenvalue weighted by Crippen LogP contribution is 2.38. The zero-order valence-corrected chi connectivity index (χ0v) is 24.0. The molecule has 0 fully saturated rings. The number of thiophene rings is 2. The van der Waals surface area contributed by atoms with Crippen LogP contribution in [0.25, 0.3) is 10.4 Å². The molecule has 0 aliphatic carbocycles. The highest BCUT2D eigenvalue weighted by molar-refractivity contribution is 7.99. The van der Waals surface area contributed by atoms with Crippen molar-refractivity contribution in [1.29, 1.82) is 0 Å². The number of ether oxygens (including phenoxy) is 3. The average Bonchev–Trinajstić information content (AvgIpc) is 3.67. The molecular weight excluding hydrogens is 564 g/mol. The Morgan fingerprint density at radius 1 is 1.18 bits per heavy atom. The van der Waals surface area contributed by atoms with E-state index in [1.54, 1.807) is 26.2 Å². The lowest BCUT2D eigenvalue weighted by molar-refractivity contribution is -0.113. The Bertz CT molecular complexity index is 1410. The van der Waals surface area contributed by atoms with E-state index in [0.29, 0.717) is 28.2 Å². The molecule has 39 heavy (non-hydrogen) atoms. The first kappa shape index (κ1) is 28.7. The van der Waals surface area contributed by atoms with Crippen molar-refractivity contribution in [2.75, 3.05) is 31.4 Å². The quantitative estimate of drug-likeness (QED) is 0.152. The number of halogens is 1. The summed E-state index contributed by atoms with van der Waals surface area (Å²) in [4.78, 5) is 26.6. The van der Waals surface area contributed by atoms with Gasteiger partial charge in [0.2, 0.25) is 5.91 Å². The number of benzene rings is 1. The van der Waals surface area contributed by atoms with Crippen LogP contribution in [-0.4, -0.2) is 52.7 Å². The summed E-state index contributed by atoms with van der Waals surface area (Å²) in [7, 11) is 1.59. The highest BCUT2D eigenvalue weighted by Gasteiger charge is 2.24. The first-order chi connectivity index (χ1) is 18.9. The second-order valence-corrected chi connectivity index (χ2v) is 11.0. The van der Waals surface area contributed by atoms with E-state index >= 15 is 0 Å². The van der Waals surface area contributed by atoms with E-state index in [1.807, 2.05) is 34.4 Å². The number of hydrogen-bond acceptors (Lipinski definition) is 10. The molecule has 13 heteroatoms. The van der Waals surface area contributed by atoms with Gasteiger partial charge in [-0.3, -0.25) is 9.36 Å². The van der Waals surface area contributed by atoms with Gasteiger partial charge in [-0.25, -0.2) is 9.18 Å². The molecule has 0 unspecified atom stereocenters. The normalized spacial score (nSPS) is 11.8. The van der Waals surface area contributed by atoms with E-state index in [9.17, 15) is 14.0 Å². The molecule has 0 aliphatic rings. The Balaban J connectivity index is 1.48. The molecule has 9 nitrogen and oxygen atoms in total. The SMILES string of the molecule is CCOC(=O)c1c(-c2cccs2)csc1NC(=O)CSc1nnc(COc2ccccc2F)n1[C@@H](C)COC. The van der Waals surface area contributed by atoms with Crippen LogP contribution >= 0.6 is 34.4 Å². The first-order valence-electron chi connectivity index (χ1n) is 12.0. The number of anilines is 1. The summed E-state index contributed by atoms with van der Waals surface area (Å²) in [5.74, 6) is -0.691. The van der Waals surface area contributed by atoms with Crippen molar-refractivity contribution in [2.24, 2.45) is 0 Å². The van der Waals surface area contributed by atoms with Crippen LogP contribution in [0.15, 0.2) is 52.3 Å². The van der Waals surface area contributed by atoms with Crippen LogP contribution in [0, 0.1) is 5.82 Å². The van der Waals surface area contributed by atoms with Gasteiger partial charge in [-0.1, -0.05) is 30.0 Å². The number of nitrogens with zero attached hydrogens (tertiary/aromatic N) is 3. The molecule has 206 valence electrons. The fraction of sp³-hybridized carbons (Fsp3) is 0.308. The molecule has 3 aromatic heterocycles. The van der Waals surface area contributed by atoms with E-state index < -0.39 is 11.8 Å². The van der Waals surface area contributed by atoms with Crippen molar-refractivity contribution >= 4 is 51.3 Å². The minimum atomic E-state index is -0.488. The molecule has 0 aliphatic heterocycles. The fourth-order valence-corrected chi connectivity index (χ4v) is 6.37. The number of nitrogens with one attached hydrogen (secondary N) is 1. The number of aromatic nitrogens is 3. The predicted molar refractivity (Wildman–Crippen MR) is 150 cm³/mol. The Kier molecular flexibility index (Phi) is 10.1. The number of para-hydroxylation sites is 1. The summed E-state index contributed by atoms with van der Waals surface area (Å²) in [5, 5.41) is 16.0. The average molecular weight is 591 g/mol. The third-order valence-electron chi connectivity index (χ3n) is 5.42. The van der Waals surface area contributed by atoms with Gasteiger partial charge in [0.1, 0.15) is 17.2 Å². The molecular formula is C26H27FN4O5S3. The minimum Gasteiger partial charge on any atom is -0.483 e. The van der Waals surface area contributed by atoms with Gasteiger partial charge in [-0.05, 0) is 37.4 Å². The minimum absolute atomic E-state index is 0.0144. The molecule has 4 rings (SSSR count). The van der Waals surface area contributed by atoms with Crippen LogP contribution in [0.4, 0.5) is 9.39 Å². The maximum absolute atomic E-state index is 14.0. The van der Waals surface area contributed by atoms with Crippen LogP contribution in [0.5, 0.6) is 5.75 Å². The second kappa shape index (κ2) is 13.7. The second-order valence-electron chi connectivity index (χ2n) is 8.18. The number of thioether (sulfide) groups is 1. The lowest BCUT2D eigenvalue weighted by Gasteiger charge is -2.17. The number of carbonyl (C=O) groups excluding carboxylic acids is 2. The van der Waals surface area contributed by atoms with Gasteiger partial charge in [0.25, 0.3) is 0 Å². The number of rotatable bonds is 13. The van der Waals surface area contributed by atoms with Crippen LogP contribution < -0.4 is 10.1 Å². The molecule has 1 atom stereocenters. The maximum atomic E-state index is 14.0. The van der Waals surface area contributed by atoms with Gasteiger partial charge in [0.05, 0.1) is 25.0 Å². The van der Waals surface area contributed by atoms with Gasteiger partial charge in [-0.2, -0.15) is 0 Å². The van der Waals surface area contributed by atoms with Crippen molar-refractivity contribution in [3.63, 3.8) is 0 Å². The van der Waals surface area contributed by atoms with Crippen molar-refractivity contribution < 1.29 is 28.2 Å². The predicted octanol–water partition coefficient (Wildman–Crippen LogP) is 5.90. The van der Waals surface area contributed by atoms with Crippen LogP contribution in [-0.2, 0) is 20.9 Å². The van der Waals surface area contributed by atoms with Crippen LogP contribution in [0.2, 0.25) is 0 Å².